The number of aryl methyl sites for hydroxylation is 1. The number of hydrazone groups is 1. The minimum atomic E-state index is -4.05. The van der Waals surface area contributed by atoms with E-state index in [2.05, 4.69) is 10.5 Å². The van der Waals surface area contributed by atoms with Gasteiger partial charge in [-0.3, -0.25) is 9.10 Å². The van der Waals surface area contributed by atoms with Crippen molar-refractivity contribution in [2.24, 2.45) is 5.10 Å². The molecule has 0 atom stereocenters. The predicted molar refractivity (Wildman–Crippen MR) is 153 cm³/mol. The van der Waals surface area contributed by atoms with Crippen LogP contribution in [0.1, 0.15) is 17.0 Å². The molecular weight excluding hydrogens is 567 g/mol. The van der Waals surface area contributed by atoms with Crippen LogP contribution in [-0.4, -0.2) is 31.7 Å². The van der Waals surface area contributed by atoms with Gasteiger partial charge in [0.1, 0.15) is 6.54 Å². The maximum atomic E-state index is 13.4. The third-order valence-electron chi connectivity index (χ3n) is 5.73. The summed E-state index contributed by atoms with van der Waals surface area (Å²) in [5, 5.41) is 5.44. The molecule has 11 heteroatoms. The van der Waals surface area contributed by atoms with E-state index < -0.39 is 22.5 Å². The van der Waals surface area contributed by atoms with E-state index in [-0.39, 0.29) is 10.6 Å². The molecule has 1 heterocycles. The Morgan fingerprint density at radius 2 is 1.66 bits per heavy atom. The molecule has 0 fully saturated rings. The molecule has 7 nitrogen and oxygen atoms in total. The van der Waals surface area contributed by atoms with Crippen molar-refractivity contribution in [3.63, 3.8) is 0 Å². The van der Waals surface area contributed by atoms with Gasteiger partial charge in [0.15, 0.2) is 0 Å². The third-order valence-corrected chi connectivity index (χ3v) is 8.29. The van der Waals surface area contributed by atoms with Crippen LogP contribution in [0.2, 0.25) is 15.1 Å². The minimum absolute atomic E-state index is 0.0459. The topological polar surface area (TPSA) is 83.8 Å². The van der Waals surface area contributed by atoms with Gasteiger partial charge in [0, 0.05) is 27.0 Å². The largest absolute Gasteiger partial charge is 0.316 e. The molecule has 0 aliphatic carbocycles. The molecule has 0 aliphatic rings. The summed E-state index contributed by atoms with van der Waals surface area (Å²) in [6, 6.07) is 21.3. The van der Waals surface area contributed by atoms with Crippen LogP contribution in [0.15, 0.2) is 88.9 Å². The number of carbonyl (C=O) groups is 1. The van der Waals surface area contributed by atoms with Crippen LogP contribution >= 0.6 is 34.8 Å². The van der Waals surface area contributed by atoms with Gasteiger partial charge in [-0.2, -0.15) is 5.10 Å². The number of anilines is 1. The van der Waals surface area contributed by atoms with Crippen molar-refractivity contribution in [2.75, 3.05) is 10.8 Å². The lowest BCUT2D eigenvalue weighted by Gasteiger charge is -2.23. The first kappa shape index (κ1) is 27.7. The molecule has 0 aliphatic heterocycles. The van der Waals surface area contributed by atoms with Crippen molar-refractivity contribution in [2.45, 2.75) is 18.7 Å². The van der Waals surface area contributed by atoms with E-state index in [1.807, 2.05) is 30.5 Å². The Morgan fingerprint density at radius 1 is 0.947 bits per heavy atom. The summed E-state index contributed by atoms with van der Waals surface area (Å²) in [5.74, 6) is -0.629. The summed E-state index contributed by atoms with van der Waals surface area (Å²) in [4.78, 5) is 12.9. The average Bonchev–Trinajstić information content (AvgIpc) is 3.15. The van der Waals surface area contributed by atoms with Crippen LogP contribution in [0.4, 0.5) is 5.69 Å². The second kappa shape index (κ2) is 11.6. The number of hydrogen-bond donors (Lipinski definition) is 1. The summed E-state index contributed by atoms with van der Waals surface area (Å²) in [5.41, 5.74) is 5.93. The first-order valence-electron chi connectivity index (χ1n) is 11.4. The van der Waals surface area contributed by atoms with Crippen LogP contribution in [0.3, 0.4) is 0 Å². The summed E-state index contributed by atoms with van der Waals surface area (Å²) < 4.78 is 29.7. The van der Waals surface area contributed by atoms with Gasteiger partial charge in [0.2, 0.25) is 0 Å². The van der Waals surface area contributed by atoms with Crippen LogP contribution in [0.25, 0.3) is 5.69 Å². The molecule has 1 amide bonds. The van der Waals surface area contributed by atoms with Crippen molar-refractivity contribution < 1.29 is 13.2 Å². The quantitative estimate of drug-likeness (QED) is 0.191. The Labute approximate surface area is 236 Å². The Hall–Kier alpha value is -3.30. The molecule has 0 saturated carbocycles. The number of hydrogen-bond acceptors (Lipinski definition) is 4. The van der Waals surface area contributed by atoms with E-state index in [1.54, 1.807) is 48.5 Å². The van der Waals surface area contributed by atoms with Gasteiger partial charge in [0.25, 0.3) is 15.9 Å². The molecule has 38 heavy (non-hydrogen) atoms. The number of aromatic nitrogens is 1. The Morgan fingerprint density at radius 3 is 2.34 bits per heavy atom. The van der Waals surface area contributed by atoms with Crippen LogP contribution in [-0.2, 0) is 14.8 Å². The van der Waals surface area contributed by atoms with Gasteiger partial charge in [-0.15, -0.1) is 0 Å². The number of sulfonamides is 1. The summed E-state index contributed by atoms with van der Waals surface area (Å²) in [6.45, 7) is 3.31. The fourth-order valence-corrected chi connectivity index (χ4v) is 6.07. The van der Waals surface area contributed by atoms with Gasteiger partial charge in [-0.25, -0.2) is 13.8 Å². The molecular formula is C27H23Cl3N4O3S. The SMILES string of the molecule is Cc1cc(/C=N/NC(=O)CN(c2cccc(Cl)c2)S(=O)(=O)c2ccccc2)c(C)n1-c1ccc(Cl)cc1Cl. The fourth-order valence-electron chi connectivity index (χ4n) is 3.96. The Bertz CT molecular complexity index is 1620. The van der Waals surface area contributed by atoms with Crippen molar-refractivity contribution in [1.29, 1.82) is 0 Å². The zero-order valence-electron chi connectivity index (χ0n) is 20.4. The van der Waals surface area contributed by atoms with Gasteiger partial charge >= 0.3 is 0 Å². The van der Waals surface area contributed by atoms with Gasteiger partial charge in [-0.05, 0) is 68.4 Å². The number of amides is 1. The number of benzene rings is 3. The molecule has 0 unspecified atom stereocenters. The Balaban J connectivity index is 1.56. The molecule has 4 rings (SSSR count). The molecule has 0 radical (unpaired) electrons. The van der Waals surface area contributed by atoms with E-state index in [4.69, 9.17) is 34.8 Å². The van der Waals surface area contributed by atoms with E-state index in [9.17, 15) is 13.2 Å². The van der Waals surface area contributed by atoms with Gasteiger partial charge in [0.05, 0.1) is 27.5 Å². The van der Waals surface area contributed by atoms with Crippen molar-refractivity contribution in [3.05, 3.63) is 111 Å². The van der Waals surface area contributed by atoms with Gasteiger partial charge < -0.3 is 4.57 Å². The van der Waals surface area contributed by atoms with Gasteiger partial charge in [-0.1, -0.05) is 59.1 Å². The monoisotopic (exact) mass is 588 g/mol. The normalized spacial score (nSPS) is 11.6. The highest BCUT2D eigenvalue weighted by Gasteiger charge is 2.27. The third kappa shape index (κ3) is 6.05. The number of rotatable bonds is 8. The Kier molecular flexibility index (Phi) is 8.47. The molecule has 1 N–H and O–H groups in total. The van der Waals surface area contributed by atoms with Crippen LogP contribution < -0.4 is 9.73 Å². The predicted octanol–water partition coefficient (Wildman–Crippen LogP) is 6.40. The maximum absolute atomic E-state index is 13.4. The molecule has 4 aromatic rings. The molecule has 0 spiro atoms. The highest BCUT2D eigenvalue weighted by molar-refractivity contribution is 7.92. The number of carbonyl (C=O) groups excluding carboxylic acids is 1. The number of nitrogens with one attached hydrogen (secondary N) is 1. The molecule has 0 saturated heterocycles. The van der Waals surface area contributed by atoms with Crippen LogP contribution in [0.5, 0.6) is 0 Å². The summed E-state index contributed by atoms with van der Waals surface area (Å²) in [6.07, 6.45) is 1.50. The number of nitrogens with zero attached hydrogens (tertiary/aromatic N) is 3. The van der Waals surface area contributed by atoms with E-state index in [0.29, 0.717) is 15.1 Å². The first-order chi connectivity index (χ1) is 18.1. The summed E-state index contributed by atoms with van der Waals surface area (Å²) >= 11 is 18.5. The molecule has 3 aromatic carbocycles. The standard InChI is InChI=1S/C27H23Cl3N4O3S/c1-18-13-20(19(2)34(18)26-12-11-22(29)15-25(26)30)16-31-32-27(35)17-33(23-8-6-7-21(28)14-23)38(36,37)24-9-4-3-5-10-24/h3-16H,17H2,1-2H3,(H,32,35)/b31-16+. The molecule has 1 aromatic heterocycles. The lowest BCUT2D eigenvalue weighted by Crippen LogP contribution is -2.39. The number of halogens is 3. The second-order valence-corrected chi connectivity index (χ2v) is 11.5. The van der Waals surface area contributed by atoms with Crippen LogP contribution in [0, 0.1) is 13.8 Å². The zero-order chi connectivity index (χ0) is 27.4. The smallest absolute Gasteiger partial charge is 0.264 e. The maximum Gasteiger partial charge on any atom is 0.264 e. The molecule has 0 bridgehead atoms. The lowest BCUT2D eigenvalue weighted by atomic mass is 10.2. The zero-order valence-corrected chi connectivity index (χ0v) is 23.5. The van der Waals surface area contributed by atoms with Crippen molar-refractivity contribution in [3.8, 4) is 5.69 Å². The lowest BCUT2D eigenvalue weighted by molar-refractivity contribution is -0.119. The first-order valence-corrected chi connectivity index (χ1v) is 13.9. The highest BCUT2D eigenvalue weighted by Crippen LogP contribution is 2.29. The second-order valence-electron chi connectivity index (χ2n) is 8.36. The minimum Gasteiger partial charge on any atom is -0.316 e. The molecule has 196 valence electrons. The van der Waals surface area contributed by atoms with Crippen molar-refractivity contribution >= 4 is 62.6 Å². The van der Waals surface area contributed by atoms with Crippen molar-refractivity contribution in [1.82, 2.24) is 9.99 Å². The van der Waals surface area contributed by atoms with E-state index in [1.165, 1.54) is 24.4 Å². The highest BCUT2D eigenvalue weighted by atomic mass is 35.5. The summed E-state index contributed by atoms with van der Waals surface area (Å²) in [7, 11) is -4.05. The van der Waals surface area contributed by atoms with E-state index >= 15 is 0 Å². The van der Waals surface area contributed by atoms with E-state index in [0.717, 1.165) is 26.9 Å². The fraction of sp³-hybridized carbons (Fsp3) is 0.111. The average molecular weight is 590 g/mol.